The van der Waals surface area contributed by atoms with Crippen molar-refractivity contribution in [2.75, 3.05) is 6.54 Å². The minimum absolute atomic E-state index is 0.0215. The number of carbonyl (C=O) groups excluding carboxylic acids is 2. The van der Waals surface area contributed by atoms with Crippen molar-refractivity contribution >= 4 is 11.8 Å². The Morgan fingerprint density at radius 3 is 2.12 bits per heavy atom. The molecule has 2 rings (SSSR count). The first-order valence-electron chi connectivity index (χ1n) is 8.89. The number of hydrogen-bond donors (Lipinski definition) is 3. The Balaban J connectivity index is 2.00. The predicted octanol–water partition coefficient (Wildman–Crippen LogP) is 2.19. The Bertz CT molecular complexity index is 702. The molecule has 1 unspecified atom stereocenters. The van der Waals surface area contributed by atoms with E-state index in [4.69, 9.17) is 5.73 Å². The molecule has 2 aromatic rings. The van der Waals surface area contributed by atoms with Crippen LogP contribution in [0.15, 0.2) is 60.7 Å². The first kappa shape index (κ1) is 19.7. The van der Waals surface area contributed by atoms with Gasteiger partial charge in [-0.25, -0.2) is 0 Å². The molecule has 0 saturated heterocycles. The van der Waals surface area contributed by atoms with Crippen molar-refractivity contribution in [2.45, 2.75) is 32.4 Å². The van der Waals surface area contributed by atoms with E-state index in [0.29, 0.717) is 6.42 Å². The third kappa shape index (κ3) is 6.01. The molecule has 138 valence electrons. The maximum Gasteiger partial charge on any atom is 0.239 e. The van der Waals surface area contributed by atoms with Crippen LogP contribution in [-0.2, 0) is 16.0 Å². The van der Waals surface area contributed by atoms with E-state index >= 15 is 0 Å². The number of benzene rings is 2. The lowest BCUT2D eigenvalue weighted by molar-refractivity contribution is -0.127. The van der Waals surface area contributed by atoms with Crippen LogP contribution in [0.25, 0.3) is 0 Å². The standard InChI is InChI=1S/C21H27N3O2/c1-15(2)20(22)21(26)23-14-19(25)24-18(17-11-7-4-8-12-17)13-16-9-5-3-6-10-16/h3-12,15,18,20H,13-14,22H2,1-2H3,(H,23,26)(H,24,25)/t18?,20-/m0/s1. The van der Waals surface area contributed by atoms with Crippen LogP contribution in [0.3, 0.4) is 0 Å². The van der Waals surface area contributed by atoms with Crippen LogP contribution in [0.2, 0.25) is 0 Å². The van der Waals surface area contributed by atoms with E-state index in [1.165, 1.54) is 0 Å². The highest BCUT2D eigenvalue weighted by Gasteiger charge is 2.19. The van der Waals surface area contributed by atoms with Gasteiger partial charge in [0.05, 0.1) is 18.6 Å². The molecular weight excluding hydrogens is 326 g/mol. The van der Waals surface area contributed by atoms with E-state index in [9.17, 15) is 9.59 Å². The fraction of sp³-hybridized carbons (Fsp3) is 0.333. The second-order valence-corrected chi connectivity index (χ2v) is 6.71. The van der Waals surface area contributed by atoms with Crippen LogP contribution in [0.5, 0.6) is 0 Å². The van der Waals surface area contributed by atoms with E-state index in [0.717, 1.165) is 11.1 Å². The number of hydrogen-bond acceptors (Lipinski definition) is 3. The summed E-state index contributed by atoms with van der Waals surface area (Å²) < 4.78 is 0. The van der Waals surface area contributed by atoms with E-state index in [2.05, 4.69) is 10.6 Å². The SMILES string of the molecule is CC(C)[C@H](N)C(=O)NCC(=O)NC(Cc1ccccc1)c1ccccc1. The average molecular weight is 353 g/mol. The van der Waals surface area contributed by atoms with E-state index in [1.54, 1.807) is 0 Å². The second-order valence-electron chi connectivity index (χ2n) is 6.71. The molecule has 2 aromatic carbocycles. The Morgan fingerprint density at radius 1 is 0.962 bits per heavy atom. The zero-order valence-electron chi connectivity index (χ0n) is 15.3. The molecule has 5 nitrogen and oxygen atoms in total. The van der Waals surface area contributed by atoms with Crippen LogP contribution < -0.4 is 16.4 Å². The second kappa shape index (κ2) is 9.73. The molecule has 0 heterocycles. The minimum atomic E-state index is -0.614. The smallest absolute Gasteiger partial charge is 0.239 e. The molecule has 0 aliphatic heterocycles. The van der Waals surface area contributed by atoms with Gasteiger partial charge in [-0.05, 0) is 23.5 Å². The molecule has 0 aliphatic rings. The number of carbonyl (C=O) groups is 2. The minimum Gasteiger partial charge on any atom is -0.347 e. The molecule has 4 N–H and O–H groups in total. The van der Waals surface area contributed by atoms with E-state index < -0.39 is 6.04 Å². The molecule has 2 atom stereocenters. The summed E-state index contributed by atoms with van der Waals surface area (Å²) in [7, 11) is 0. The van der Waals surface area contributed by atoms with Crippen molar-refractivity contribution in [3.63, 3.8) is 0 Å². The molecule has 0 spiro atoms. The first-order valence-corrected chi connectivity index (χ1v) is 8.89. The highest BCUT2D eigenvalue weighted by Crippen LogP contribution is 2.18. The molecular formula is C21H27N3O2. The summed E-state index contributed by atoms with van der Waals surface area (Å²) in [6.45, 7) is 3.66. The lowest BCUT2D eigenvalue weighted by atomic mass is 9.99. The van der Waals surface area contributed by atoms with Gasteiger partial charge in [-0.2, -0.15) is 0 Å². The fourth-order valence-electron chi connectivity index (χ4n) is 2.62. The van der Waals surface area contributed by atoms with Crippen molar-refractivity contribution in [2.24, 2.45) is 11.7 Å². The van der Waals surface area contributed by atoms with Crippen LogP contribution >= 0.6 is 0 Å². The van der Waals surface area contributed by atoms with Gasteiger partial charge in [0, 0.05) is 0 Å². The number of nitrogens with two attached hydrogens (primary N) is 1. The van der Waals surface area contributed by atoms with Crippen molar-refractivity contribution in [3.8, 4) is 0 Å². The normalized spacial score (nSPS) is 13.1. The average Bonchev–Trinajstić information content (AvgIpc) is 2.66. The zero-order valence-corrected chi connectivity index (χ0v) is 15.3. The highest BCUT2D eigenvalue weighted by molar-refractivity contribution is 5.87. The maximum atomic E-state index is 12.3. The number of amides is 2. The quantitative estimate of drug-likeness (QED) is 0.680. The number of rotatable bonds is 8. The molecule has 0 saturated carbocycles. The predicted molar refractivity (Wildman–Crippen MR) is 103 cm³/mol. The van der Waals surface area contributed by atoms with Gasteiger partial charge < -0.3 is 16.4 Å². The van der Waals surface area contributed by atoms with Gasteiger partial charge in [0.1, 0.15) is 0 Å². The molecule has 2 amide bonds. The fourth-order valence-corrected chi connectivity index (χ4v) is 2.62. The van der Waals surface area contributed by atoms with Gasteiger partial charge >= 0.3 is 0 Å². The Labute approximate surface area is 155 Å². The van der Waals surface area contributed by atoms with Crippen molar-refractivity contribution < 1.29 is 9.59 Å². The van der Waals surface area contributed by atoms with Gasteiger partial charge in [-0.3, -0.25) is 9.59 Å². The molecule has 26 heavy (non-hydrogen) atoms. The Kier molecular flexibility index (Phi) is 7.36. The molecule has 0 aromatic heterocycles. The van der Waals surface area contributed by atoms with Crippen molar-refractivity contribution in [1.82, 2.24) is 10.6 Å². The maximum absolute atomic E-state index is 12.3. The molecule has 0 fully saturated rings. The van der Waals surface area contributed by atoms with Crippen molar-refractivity contribution in [1.29, 1.82) is 0 Å². The summed E-state index contributed by atoms with van der Waals surface area (Å²) in [5, 5.41) is 5.62. The summed E-state index contributed by atoms with van der Waals surface area (Å²) in [5.74, 6) is -0.526. The first-order chi connectivity index (χ1) is 12.5. The van der Waals surface area contributed by atoms with Crippen molar-refractivity contribution in [3.05, 3.63) is 71.8 Å². The van der Waals surface area contributed by atoms with Gasteiger partial charge in [-0.1, -0.05) is 74.5 Å². The van der Waals surface area contributed by atoms with Gasteiger partial charge in [-0.15, -0.1) is 0 Å². The molecule has 5 heteroatoms. The van der Waals surface area contributed by atoms with Crippen LogP contribution in [-0.4, -0.2) is 24.4 Å². The summed E-state index contributed by atoms with van der Waals surface area (Å²) in [6, 6.07) is 19.0. The van der Waals surface area contributed by atoms with Gasteiger partial charge in [0.15, 0.2) is 0 Å². The van der Waals surface area contributed by atoms with E-state index in [-0.39, 0.29) is 30.3 Å². The van der Waals surface area contributed by atoms with Gasteiger partial charge in [0.2, 0.25) is 11.8 Å². The molecule has 0 radical (unpaired) electrons. The molecule has 0 bridgehead atoms. The van der Waals surface area contributed by atoms with Crippen LogP contribution in [0.1, 0.15) is 31.0 Å². The van der Waals surface area contributed by atoms with Crippen LogP contribution in [0.4, 0.5) is 0 Å². The lowest BCUT2D eigenvalue weighted by Crippen LogP contribution is -2.47. The summed E-state index contributed by atoms with van der Waals surface area (Å²) in [5.41, 5.74) is 7.95. The van der Waals surface area contributed by atoms with Crippen LogP contribution in [0, 0.1) is 5.92 Å². The summed E-state index contributed by atoms with van der Waals surface area (Å²) in [6.07, 6.45) is 0.677. The largest absolute Gasteiger partial charge is 0.347 e. The third-order valence-corrected chi connectivity index (χ3v) is 4.26. The Morgan fingerprint density at radius 2 is 1.54 bits per heavy atom. The summed E-state index contributed by atoms with van der Waals surface area (Å²) >= 11 is 0. The third-order valence-electron chi connectivity index (χ3n) is 4.26. The lowest BCUT2D eigenvalue weighted by Gasteiger charge is -2.20. The topological polar surface area (TPSA) is 84.2 Å². The Hall–Kier alpha value is -2.66. The van der Waals surface area contributed by atoms with E-state index in [1.807, 2.05) is 74.5 Å². The highest BCUT2D eigenvalue weighted by atomic mass is 16.2. The van der Waals surface area contributed by atoms with Gasteiger partial charge in [0.25, 0.3) is 0 Å². The molecule has 0 aliphatic carbocycles. The zero-order chi connectivity index (χ0) is 18.9. The monoisotopic (exact) mass is 353 g/mol. The summed E-state index contributed by atoms with van der Waals surface area (Å²) in [4.78, 5) is 24.3. The number of nitrogens with one attached hydrogen (secondary N) is 2.